The van der Waals surface area contributed by atoms with Crippen LogP contribution in [0, 0.1) is 0 Å². The second kappa shape index (κ2) is 11.6. The molecule has 0 saturated heterocycles. The Hall–Kier alpha value is -2.57. The molecule has 3 aromatic carbocycles. The van der Waals surface area contributed by atoms with E-state index in [-0.39, 0.29) is 5.56 Å². The molecule has 0 amide bonds. The predicted octanol–water partition coefficient (Wildman–Crippen LogP) is 3.70. The standard InChI is InChI=1S/C7H7NO2S.3C6H5.Sn/c1-11-6-5(7(9)10)3-2-4-8-6;3*1-2-4-6-5-3-1;/h2-4H,1H3,(H,9,10);3*1-5H;. The fourth-order valence-electron chi connectivity index (χ4n) is 3.03. The average Bonchev–Trinajstić information content (AvgIpc) is 2.82. The van der Waals surface area contributed by atoms with Crippen molar-refractivity contribution in [2.75, 3.05) is 6.26 Å². The van der Waals surface area contributed by atoms with Crippen LogP contribution in [-0.4, -0.2) is 42.1 Å². The van der Waals surface area contributed by atoms with E-state index >= 15 is 0 Å². The normalized spacial score (nSPS) is 10.2. The van der Waals surface area contributed by atoms with Gasteiger partial charge in [-0.25, -0.2) is 9.78 Å². The summed E-state index contributed by atoms with van der Waals surface area (Å²) in [7, 11) is 0. The van der Waals surface area contributed by atoms with Crippen LogP contribution < -0.4 is 10.7 Å². The van der Waals surface area contributed by atoms with Crippen molar-refractivity contribution in [3.05, 3.63) is 115 Å². The Morgan fingerprint density at radius 1 is 0.733 bits per heavy atom. The summed E-state index contributed by atoms with van der Waals surface area (Å²) in [6, 6.07) is 36.1. The van der Waals surface area contributed by atoms with Gasteiger partial charge in [0, 0.05) is 6.20 Å². The summed E-state index contributed by atoms with van der Waals surface area (Å²) in [5.41, 5.74) is 0.264. The van der Waals surface area contributed by atoms with Gasteiger partial charge in [0.05, 0.1) is 5.56 Å². The Labute approximate surface area is 188 Å². The van der Waals surface area contributed by atoms with Crippen molar-refractivity contribution in [3.8, 4) is 0 Å². The zero-order chi connectivity index (χ0) is 21.2. The number of carboxylic acid groups (broad SMARTS) is 1. The molecule has 5 heteroatoms. The molecule has 1 heterocycles. The second-order valence-electron chi connectivity index (χ2n) is 6.34. The number of nitrogens with zero attached hydrogens (tertiary/aromatic N) is 1. The van der Waals surface area contributed by atoms with Gasteiger partial charge in [0.1, 0.15) is 5.03 Å². The third kappa shape index (κ3) is 5.97. The maximum absolute atomic E-state index is 10.5. The van der Waals surface area contributed by atoms with Gasteiger partial charge in [-0.3, -0.25) is 0 Å². The van der Waals surface area contributed by atoms with Gasteiger partial charge in [0.2, 0.25) is 0 Å². The monoisotopic (exact) mass is 520 g/mol. The summed E-state index contributed by atoms with van der Waals surface area (Å²) < 4.78 is 4.59. The van der Waals surface area contributed by atoms with Crippen LogP contribution in [0.5, 0.6) is 0 Å². The first kappa shape index (κ1) is 22.1. The number of aromatic carboxylic acids is 1. The predicted molar refractivity (Wildman–Crippen MR) is 127 cm³/mol. The molecule has 0 atom stereocenters. The molecular weight excluding hydrogens is 497 g/mol. The van der Waals surface area contributed by atoms with Crippen molar-refractivity contribution < 1.29 is 9.90 Å². The molecule has 149 valence electrons. The van der Waals surface area contributed by atoms with Crippen LogP contribution in [0.1, 0.15) is 10.4 Å². The molecule has 4 rings (SSSR count). The Bertz CT molecular complexity index is 966. The molecule has 30 heavy (non-hydrogen) atoms. The molecule has 0 saturated carbocycles. The summed E-state index contributed by atoms with van der Waals surface area (Å²) >= 11 is -0.650. The zero-order valence-electron chi connectivity index (χ0n) is 16.6. The number of hydrogen-bond acceptors (Lipinski definition) is 3. The van der Waals surface area contributed by atoms with Crippen molar-refractivity contribution in [1.29, 1.82) is 0 Å². The quantitative estimate of drug-likeness (QED) is 0.323. The van der Waals surface area contributed by atoms with E-state index < -0.39 is 25.7 Å². The van der Waals surface area contributed by atoms with E-state index in [9.17, 15) is 4.79 Å². The Morgan fingerprint density at radius 2 is 1.17 bits per heavy atom. The summed E-state index contributed by atoms with van der Waals surface area (Å²) in [4.78, 5) is 14.4. The summed E-state index contributed by atoms with van der Waals surface area (Å²) in [5, 5.41) is 9.20. The van der Waals surface area contributed by atoms with Gasteiger partial charge in [-0.2, -0.15) is 0 Å². The van der Waals surface area contributed by atoms with Gasteiger partial charge in [-0.1, -0.05) is 0 Å². The molecule has 4 aromatic rings. The molecule has 0 aliphatic heterocycles. The van der Waals surface area contributed by atoms with Gasteiger partial charge in [0.25, 0.3) is 0 Å². The van der Waals surface area contributed by atoms with Gasteiger partial charge < -0.3 is 5.11 Å². The topological polar surface area (TPSA) is 50.2 Å². The third-order valence-corrected chi connectivity index (χ3v) is 12.9. The molecule has 0 bridgehead atoms. The SMILES string of the molecule is CSc1ncccc1C(=O)O.c1cc[c]([Sn]([c]2ccccc2)[c]2ccccc2)cc1. The molecule has 1 aromatic heterocycles. The first-order valence-electron chi connectivity index (χ1n) is 9.46. The second-order valence-corrected chi connectivity index (χ2v) is 14.2. The van der Waals surface area contributed by atoms with Crippen LogP contribution in [0.25, 0.3) is 0 Å². The van der Waals surface area contributed by atoms with Gasteiger partial charge >= 0.3 is 127 Å². The van der Waals surface area contributed by atoms with Crippen LogP contribution in [0.2, 0.25) is 0 Å². The van der Waals surface area contributed by atoms with Crippen molar-refractivity contribution >= 4 is 48.2 Å². The van der Waals surface area contributed by atoms with Gasteiger partial charge in [0.15, 0.2) is 0 Å². The van der Waals surface area contributed by atoms with Crippen molar-refractivity contribution in [3.63, 3.8) is 0 Å². The zero-order valence-corrected chi connectivity index (χ0v) is 20.3. The maximum atomic E-state index is 10.5. The van der Waals surface area contributed by atoms with E-state index in [1.54, 1.807) is 24.6 Å². The number of pyridine rings is 1. The first-order chi connectivity index (χ1) is 14.7. The third-order valence-electron chi connectivity index (χ3n) is 4.38. The van der Waals surface area contributed by atoms with Crippen LogP contribution in [-0.2, 0) is 0 Å². The first-order valence-corrected chi connectivity index (χ1v) is 15.0. The van der Waals surface area contributed by atoms with E-state index in [1.807, 2.05) is 0 Å². The van der Waals surface area contributed by atoms with Crippen molar-refractivity contribution in [2.45, 2.75) is 5.03 Å². The minimum absolute atomic E-state index is 0.264. The molecule has 0 aliphatic carbocycles. The Balaban J connectivity index is 0.000000199. The molecule has 1 radical (unpaired) electrons. The number of rotatable bonds is 5. The summed E-state index contributed by atoms with van der Waals surface area (Å²) in [5.74, 6) is -0.928. The van der Waals surface area contributed by atoms with E-state index in [4.69, 9.17) is 5.11 Å². The van der Waals surface area contributed by atoms with E-state index in [0.717, 1.165) is 0 Å². The molecule has 1 N–H and O–H groups in total. The number of hydrogen-bond donors (Lipinski definition) is 1. The fraction of sp³-hybridized carbons (Fsp3) is 0.0400. The number of benzene rings is 3. The average molecular weight is 519 g/mol. The van der Waals surface area contributed by atoms with E-state index in [1.165, 1.54) is 22.5 Å². The molecule has 0 spiro atoms. The van der Waals surface area contributed by atoms with Gasteiger partial charge in [-0.05, 0) is 18.4 Å². The number of carbonyl (C=O) groups is 1. The minimum atomic E-state index is -1.98. The van der Waals surface area contributed by atoms with Crippen LogP contribution in [0.3, 0.4) is 0 Å². The number of aromatic nitrogens is 1. The number of carboxylic acids is 1. The molecule has 3 nitrogen and oxygen atoms in total. The van der Waals surface area contributed by atoms with Crippen LogP contribution in [0.15, 0.2) is 114 Å². The Kier molecular flexibility index (Phi) is 8.53. The molecule has 0 fully saturated rings. The molecule has 0 aliphatic rings. The molecular formula is C25H22NO2SSn. The summed E-state index contributed by atoms with van der Waals surface area (Å²) in [6.07, 6.45) is 3.38. The summed E-state index contributed by atoms with van der Waals surface area (Å²) in [6.45, 7) is 0. The van der Waals surface area contributed by atoms with Crippen LogP contribution in [0.4, 0.5) is 0 Å². The van der Waals surface area contributed by atoms with E-state index in [0.29, 0.717) is 5.03 Å². The molecule has 0 unspecified atom stereocenters. The van der Waals surface area contributed by atoms with Crippen molar-refractivity contribution in [1.82, 2.24) is 4.98 Å². The van der Waals surface area contributed by atoms with E-state index in [2.05, 4.69) is 96.0 Å². The fourth-order valence-corrected chi connectivity index (χ4v) is 10.9. The Morgan fingerprint density at radius 3 is 1.50 bits per heavy atom. The van der Waals surface area contributed by atoms with Crippen molar-refractivity contribution in [2.24, 2.45) is 0 Å². The van der Waals surface area contributed by atoms with Gasteiger partial charge in [-0.15, -0.1) is 11.8 Å². The van der Waals surface area contributed by atoms with Crippen LogP contribution >= 0.6 is 11.8 Å². The number of thioether (sulfide) groups is 1.